The minimum atomic E-state index is -1.79. The zero-order valence-electron chi connectivity index (χ0n) is 42.5. The SMILES string of the molecule is CC/C=C\C/C=C\C/C=C\C/C=C\C/C=C\C/C=C\CCCCCCCCCCC(=O)NC(COC1OC(CO)C(OC2OC(CO)C(O)C(O)C2O)C(O)C1O)C(O)/C=C/CC/C=C/CCCCC. The highest BCUT2D eigenvalue weighted by atomic mass is 16.7. The predicted molar refractivity (Wildman–Crippen MR) is 276 cm³/mol. The molecule has 2 fully saturated rings. The second kappa shape index (κ2) is 41.4. The van der Waals surface area contributed by atoms with Crippen molar-refractivity contribution in [1.29, 1.82) is 0 Å². The van der Waals surface area contributed by atoms with Crippen molar-refractivity contribution in [3.8, 4) is 0 Å². The van der Waals surface area contributed by atoms with Crippen molar-refractivity contribution in [1.82, 2.24) is 5.32 Å². The molecule has 12 atom stereocenters. The van der Waals surface area contributed by atoms with Gasteiger partial charge >= 0.3 is 0 Å². The summed E-state index contributed by atoms with van der Waals surface area (Å²) >= 11 is 0. The van der Waals surface area contributed by atoms with E-state index in [9.17, 15) is 45.6 Å². The fourth-order valence-corrected chi connectivity index (χ4v) is 7.95. The fourth-order valence-electron chi connectivity index (χ4n) is 7.95. The molecule has 0 spiro atoms. The van der Waals surface area contributed by atoms with Crippen LogP contribution in [0.4, 0.5) is 0 Å². The number of carbonyl (C=O) groups excluding carboxylic acids is 1. The molecule has 0 aliphatic carbocycles. The summed E-state index contributed by atoms with van der Waals surface area (Å²) in [7, 11) is 0. The Morgan fingerprint density at radius 3 is 1.57 bits per heavy atom. The maximum atomic E-state index is 13.2. The van der Waals surface area contributed by atoms with E-state index in [1.54, 1.807) is 6.08 Å². The van der Waals surface area contributed by atoms with Crippen LogP contribution in [-0.4, -0.2) is 140 Å². The van der Waals surface area contributed by atoms with Gasteiger partial charge in [-0.1, -0.05) is 162 Å². The van der Waals surface area contributed by atoms with Crippen molar-refractivity contribution >= 4 is 5.91 Å². The van der Waals surface area contributed by atoms with E-state index in [1.807, 2.05) is 6.08 Å². The molecule has 2 saturated heterocycles. The molecule has 2 heterocycles. The van der Waals surface area contributed by atoms with Crippen LogP contribution in [0.2, 0.25) is 0 Å². The first kappa shape index (κ1) is 63.0. The number of aliphatic hydroxyl groups excluding tert-OH is 8. The first-order valence-corrected chi connectivity index (χ1v) is 26.5. The van der Waals surface area contributed by atoms with Crippen LogP contribution >= 0.6 is 0 Å². The summed E-state index contributed by atoms with van der Waals surface area (Å²) in [4.78, 5) is 13.2. The number of hydrogen-bond donors (Lipinski definition) is 9. The average Bonchev–Trinajstić information content (AvgIpc) is 3.36. The molecule has 2 aliphatic rings. The monoisotopic (exact) mass is 988 g/mol. The van der Waals surface area contributed by atoms with E-state index in [1.165, 1.54) is 32.1 Å². The second-order valence-corrected chi connectivity index (χ2v) is 18.3. The van der Waals surface area contributed by atoms with E-state index in [-0.39, 0.29) is 18.9 Å². The first-order valence-electron chi connectivity index (χ1n) is 26.5. The van der Waals surface area contributed by atoms with Gasteiger partial charge in [-0.2, -0.15) is 0 Å². The smallest absolute Gasteiger partial charge is 0.220 e. The number of hydrogen-bond acceptors (Lipinski definition) is 13. The van der Waals surface area contributed by atoms with Crippen LogP contribution in [0.25, 0.3) is 0 Å². The Kier molecular flexibility index (Phi) is 37.3. The maximum Gasteiger partial charge on any atom is 0.220 e. The molecule has 12 unspecified atom stereocenters. The lowest BCUT2D eigenvalue weighted by atomic mass is 9.97. The molecule has 0 aromatic heterocycles. The normalized spacial score (nSPS) is 26.8. The number of allylic oxidation sites excluding steroid dienone is 15. The highest BCUT2D eigenvalue weighted by Gasteiger charge is 2.51. The van der Waals surface area contributed by atoms with Crippen LogP contribution in [0, 0.1) is 0 Å². The summed E-state index contributed by atoms with van der Waals surface area (Å²) in [5.41, 5.74) is 0. The lowest BCUT2D eigenvalue weighted by Gasteiger charge is -2.46. The molecule has 0 saturated carbocycles. The van der Waals surface area contributed by atoms with E-state index in [0.29, 0.717) is 12.8 Å². The van der Waals surface area contributed by atoms with Gasteiger partial charge in [-0.15, -0.1) is 0 Å². The number of carbonyl (C=O) groups is 1. The standard InChI is InChI=1S/C56H93NO13/c1-3-5-7-9-11-13-14-15-16-17-18-19-20-21-22-23-24-25-26-27-28-29-30-32-34-36-38-40-48(61)57-44(45(60)39-37-35-33-31-12-10-8-6-4-2)43-67-55-53(66)51(64)54(47(42-59)69-55)70-56-52(65)50(63)49(62)46(41-58)68-56/h5,7,11-13,15-16,18-19,21-22,24-25,31,37,39,44-47,49-56,58-60,62-66H,3-4,6,8-10,14,17,20,23,26-30,32-36,38,40-43H2,1-2H3,(H,57,61)/b7-5-,13-11-,16-15-,19-18-,22-21-,25-24-,31-12+,39-37+. The molecule has 2 aliphatic heterocycles. The largest absolute Gasteiger partial charge is 0.394 e. The summed E-state index contributed by atoms with van der Waals surface area (Å²) in [6.07, 6.45) is 39.0. The third-order valence-corrected chi connectivity index (χ3v) is 12.3. The van der Waals surface area contributed by atoms with E-state index in [0.717, 1.165) is 89.9 Å². The molecule has 400 valence electrons. The van der Waals surface area contributed by atoms with Gasteiger partial charge in [0.25, 0.3) is 0 Å². The summed E-state index contributed by atoms with van der Waals surface area (Å²) in [6, 6.07) is -0.940. The highest BCUT2D eigenvalue weighted by Crippen LogP contribution is 2.30. The van der Waals surface area contributed by atoms with Gasteiger partial charge in [0.15, 0.2) is 12.6 Å². The van der Waals surface area contributed by atoms with Gasteiger partial charge in [0, 0.05) is 6.42 Å². The zero-order chi connectivity index (χ0) is 51.0. The predicted octanol–water partition coefficient (Wildman–Crippen LogP) is 7.54. The van der Waals surface area contributed by atoms with Gasteiger partial charge in [0.1, 0.15) is 48.8 Å². The van der Waals surface area contributed by atoms with Gasteiger partial charge in [0.05, 0.1) is 32.0 Å². The second-order valence-electron chi connectivity index (χ2n) is 18.3. The van der Waals surface area contributed by atoms with E-state index >= 15 is 0 Å². The average molecular weight is 988 g/mol. The topological polar surface area (TPSA) is 228 Å². The molecule has 0 bridgehead atoms. The minimum absolute atomic E-state index is 0.256. The van der Waals surface area contributed by atoms with Crippen LogP contribution < -0.4 is 5.32 Å². The molecule has 0 aromatic rings. The number of nitrogens with one attached hydrogen (secondary N) is 1. The van der Waals surface area contributed by atoms with Gasteiger partial charge in [0.2, 0.25) is 5.91 Å². The van der Waals surface area contributed by atoms with E-state index < -0.39 is 86.8 Å². The van der Waals surface area contributed by atoms with Gasteiger partial charge in [-0.05, 0) is 83.5 Å². The van der Waals surface area contributed by atoms with Crippen LogP contribution in [-0.2, 0) is 23.7 Å². The Morgan fingerprint density at radius 1 is 0.529 bits per heavy atom. The van der Waals surface area contributed by atoms with Crippen molar-refractivity contribution in [2.75, 3.05) is 19.8 Å². The molecule has 0 radical (unpaired) electrons. The molecular formula is C56H93NO13. The molecule has 2 rings (SSSR count). The number of amides is 1. The van der Waals surface area contributed by atoms with Gasteiger partial charge in [-0.25, -0.2) is 0 Å². The van der Waals surface area contributed by atoms with Crippen molar-refractivity contribution in [3.05, 3.63) is 97.2 Å². The Labute approximate surface area is 420 Å². The molecular weight excluding hydrogens is 895 g/mol. The van der Waals surface area contributed by atoms with Gasteiger partial charge in [-0.3, -0.25) is 4.79 Å². The number of ether oxygens (including phenoxy) is 4. The molecule has 1 amide bonds. The lowest BCUT2D eigenvalue weighted by molar-refractivity contribution is -0.359. The maximum absolute atomic E-state index is 13.2. The summed E-state index contributed by atoms with van der Waals surface area (Å²) in [5.74, 6) is -0.267. The van der Waals surface area contributed by atoms with Crippen molar-refractivity contribution in [2.45, 2.75) is 229 Å². The minimum Gasteiger partial charge on any atom is -0.394 e. The molecule has 14 nitrogen and oxygen atoms in total. The first-order chi connectivity index (χ1) is 34.1. The third kappa shape index (κ3) is 27.7. The van der Waals surface area contributed by atoms with Crippen molar-refractivity contribution in [3.63, 3.8) is 0 Å². The molecule has 70 heavy (non-hydrogen) atoms. The quantitative estimate of drug-likeness (QED) is 0.0215. The summed E-state index contributed by atoms with van der Waals surface area (Å²) in [5, 5.41) is 86.6. The highest BCUT2D eigenvalue weighted by molar-refractivity contribution is 5.76. The van der Waals surface area contributed by atoms with Crippen LogP contribution in [0.3, 0.4) is 0 Å². The van der Waals surface area contributed by atoms with Crippen LogP contribution in [0.5, 0.6) is 0 Å². The third-order valence-electron chi connectivity index (χ3n) is 12.3. The Balaban J connectivity index is 1.73. The van der Waals surface area contributed by atoms with Crippen molar-refractivity contribution in [2.24, 2.45) is 0 Å². The van der Waals surface area contributed by atoms with Crippen LogP contribution in [0.1, 0.15) is 155 Å². The number of aliphatic hydroxyl groups is 8. The molecule has 9 N–H and O–H groups in total. The fraction of sp³-hybridized carbons (Fsp3) is 0.696. The Morgan fingerprint density at radius 2 is 1.00 bits per heavy atom. The van der Waals surface area contributed by atoms with Crippen molar-refractivity contribution < 1.29 is 64.6 Å². The summed E-state index contributed by atoms with van der Waals surface area (Å²) in [6.45, 7) is 2.56. The number of unbranched alkanes of at least 4 members (excludes halogenated alkanes) is 12. The zero-order valence-corrected chi connectivity index (χ0v) is 42.5. The molecule has 14 heteroatoms. The van der Waals surface area contributed by atoms with Crippen LogP contribution in [0.15, 0.2) is 97.2 Å². The Bertz CT molecular complexity index is 1540. The number of rotatable bonds is 39. The Hall–Kier alpha value is -3.09. The van der Waals surface area contributed by atoms with E-state index in [2.05, 4.69) is 104 Å². The van der Waals surface area contributed by atoms with Gasteiger partial charge < -0.3 is 65.1 Å². The molecule has 0 aromatic carbocycles. The summed E-state index contributed by atoms with van der Waals surface area (Å²) < 4.78 is 22.6. The lowest BCUT2D eigenvalue weighted by Crippen LogP contribution is -2.65. The van der Waals surface area contributed by atoms with E-state index in [4.69, 9.17) is 18.9 Å².